The average Bonchev–Trinajstić information content (AvgIpc) is 3.46. The van der Waals surface area contributed by atoms with Gasteiger partial charge in [0.2, 0.25) is 0 Å². The van der Waals surface area contributed by atoms with Crippen molar-refractivity contribution < 1.29 is 9.50 Å². The molecule has 0 saturated heterocycles. The predicted molar refractivity (Wildman–Crippen MR) is 137 cm³/mol. The Morgan fingerprint density at radius 3 is 2.64 bits per heavy atom. The molecule has 6 aromatic rings. The van der Waals surface area contributed by atoms with Crippen molar-refractivity contribution in [1.29, 1.82) is 0 Å². The summed E-state index contributed by atoms with van der Waals surface area (Å²) in [6, 6.07) is 13.9. The van der Waals surface area contributed by atoms with Crippen LogP contribution in [0.5, 0.6) is 5.75 Å². The normalized spacial score (nSPS) is 11.7. The Morgan fingerprint density at radius 2 is 1.81 bits per heavy atom. The van der Waals surface area contributed by atoms with Gasteiger partial charge in [0.25, 0.3) is 0 Å². The van der Waals surface area contributed by atoms with E-state index >= 15 is 0 Å². The van der Waals surface area contributed by atoms with E-state index in [-0.39, 0.29) is 5.75 Å². The molecule has 0 amide bonds. The summed E-state index contributed by atoms with van der Waals surface area (Å²) in [5.41, 5.74) is 6.90. The van der Waals surface area contributed by atoms with Gasteiger partial charge in [0.15, 0.2) is 5.82 Å². The molecule has 0 bridgehead atoms. The molecule has 6 rings (SSSR count). The minimum atomic E-state index is -0.547. The first kappa shape index (κ1) is 21.9. The van der Waals surface area contributed by atoms with Crippen molar-refractivity contribution in [2.75, 3.05) is 14.1 Å². The lowest BCUT2D eigenvalue weighted by Gasteiger charge is -2.10. The lowest BCUT2D eigenvalue weighted by molar-refractivity contribution is 0.402. The molecule has 0 aliphatic heterocycles. The van der Waals surface area contributed by atoms with E-state index in [9.17, 15) is 9.50 Å². The minimum absolute atomic E-state index is 0.172. The highest BCUT2D eigenvalue weighted by molar-refractivity contribution is 5.97. The molecule has 3 N–H and O–H groups in total. The number of benzene rings is 2. The van der Waals surface area contributed by atoms with Crippen molar-refractivity contribution in [3.63, 3.8) is 0 Å². The fourth-order valence-electron chi connectivity index (χ4n) is 4.44. The summed E-state index contributed by atoms with van der Waals surface area (Å²) in [5.74, 6) is -0.160. The van der Waals surface area contributed by atoms with Crippen LogP contribution in [0.3, 0.4) is 0 Å². The van der Waals surface area contributed by atoms with E-state index in [4.69, 9.17) is 4.98 Å². The molecule has 0 aliphatic carbocycles. The maximum absolute atomic E-state index is 13.9. The average molecular weight is 480 g/mol. The van der Waals surface area contributed by atoms with Gasteiger partial charge in [-0.15, -0.1) is 0 Å². The van der Waals surface area contributed by atoms with Gasteiger partial charge >= 0.3 is 0 Å². The van der Waals surface area contributed by atoms with Crippen LogP contribution in [0, 0.1) is 5.82 Å². The first-order chi connectivity index (χ1) is 17.4. The number of fused-ring (bicyclic) bond motifs is 2. The summed E-state index contributed by atoms with van der Waals surface area (Å²) >= 11 is 0. The van der Waals surface area contributed by atoms with Crippen molar-refractivity contribution in [1.82, 2.24) is 35.0 Å². The first-order valence-corrected chi connectivity index (χ1v) is 11.4. The van der Waals surface area contributed by atoms with Gasteiger partial charge in [0, 0.05) is 47.7 Å². The number of phenols is 1. The molecular formula is C27H22FN7O. The molecule has 0 saturated carbocycles. The maximum Gasteiger partial charge on any atom is 0.159 e. The number of imidazole rings is 1. The molecule has 2 aromatic carbocycles. The zero-order valence-electron chi connectivity index (χ0n) is 19.6. The SMILES string of the molecule is CN(C)Cc1cncc(-c2ccc3[nH]nc(-c4nc5c(-c6cc(O)cc(F)c6)nccc5[nH]4)c3c2)c1. The highest BCUT2D eigenvalue weighted by Gasteiger charge is 2.17. The van der Waals surface area contributed by atoms with Gasteiger partial charge in [-0.2, -0.15) is 5.10 Å². The van der Waals surface area contributed by atoms with Gasteiger partial charge < -0.3 is 15.0 Å². The van der Waals surface area contributed by atoms with Crippen molar-refractivity contribution in [2.24, 2.45) is 0 Å². The summed E-state index contributed by atoms with van der Waals surface area (Å²) in [5, 5.41) is 18.4. The number of aromatic hydroxyl groups is 1. The van der Waals surface area contributed by atoms with Gasteiger partial charge in [-0.05, 0) is 61.6 Å². The molecule has 178 valence electrons. The van der Waals surface area contributed by atoms with E-state index in [1.165, 1.54) is 12.1 Å². The summed E-state index contributed by atoms with van der Waals surface area (Å²) in [6.45, 7) is 0.804. The van der Waals surface area contributed by atoms with Crippen LogP contribution in [-0.4, -0.2) is 54.2 Å². The fraction of sp³-hybridized carbons (Fsp3) is 0.111. The maximum atomic E-state index is 13.9. The number of aromatic nitrogens is 6. The summed E-state index contributed by atoms with van der Waals surface area (Å²) in [6.07, 6.45) is 5.35. The number of pyridine rings is 2. The standard InChI is InChI=1S/C27H22FN7O/c1-35(2)14-15-7-18(13-29-12-15)16-3-4-22-21(10-16)25(34-33-22)27-31-23-5-6-30-24(26(23)32-27)17-8-19(28)11-20(36)9-17/h3-13,36H,14H2,1-2H3,(H,31,32)(H,33,34). The number of rotatable bonds is 5. The molecule has 8 nitrogen and oxygen atoms in total. The van der Waals surface area contributed by atoms with Gasteiger partial charge in [0.1, 0.15) is 22.8 Å². The Kier molecular flexibility index (Phi) is 5.19. The van der Waals surface area contributed by atoms with Crippen molar-refractivity contribution in [3.05, 3.63) is 78.5 Å². The van der Waals surface area contributed by atoms with Crippen molar-refractivity contribution in [3.8, 4) is 39.7 Å². The van der Waals surface area contributed by atoms with Gasteiger partial charge in [-0.25, -0.2) is 9.37 Å². The molecule has 0 unspecified atom stereocenters. The van der Waals surface area contributed by atoms with Crippen LogP contribution in [0.2, 0.25) is 0 Å². The quantitative estimate of drug-likeness (QED) is 0.316. The number of halogens is 1. The van der Waals surface area contributed by atoms with Crippen molar-refractivity contribution >= 4 is 21.9 Å². The topological polar surface area (TPSA) is 107 Å². The highest BCUT2D eigenvalue weighted by Crippen LogP contribution is 2.33. The number of nitrogens with zero attached hydrogens (tertiary/aromatic N) is 5. The molecule has 0 radical (unpaired) electrons. The van der Waals surface area contributed by atoms with E-state index in [0.29, 0.717) is 28.3 Å². The summed E-state index contributed by atoms with van der Waals surface area (Å²) in [4.78, 5) is 19.0. The Balaban J connectivity index is 1.45. The second-order valence-corrected chi connectivity index (χ2v) is 8.99. The Hall–Kier alpha value is -4.63. The van der Waals surface area contributed by atoms with Crippen LogP contribution in [0.1, 0.15) is 5.56 Å². The fourth-order valence-corrected chi connectivity index (χ4v) is 4.44. The third kappa shape index (κ3) is 3.95. The molecule has 4 heterocycles. The highest BCUT2D eigenvalue weighted by atomic mass is 19.1. The van der Waals surface area contributed by atoms with Gasteiger partial charge in [0.05, 0.1) is 16.7 Å². The third-order valence-electron chi connectivity index (χ3n) is 5.97. The van der Waals surface area contributed by atoms with Crippen LogP contribution < -0.4 is 0 Å². The molecule has 0 aliphatic rings. The second kappa shape index (κ2) is 8.54. The first-order valence-electron chi connectivity index (χ1n) is 11.4. The molecule has 9 heteroatoms. The van der Waals surface area contributed by atoms with Crippen LogP contribution in [0.4, 0.5) is 4.39 Å². The van der Waals surface area contributed by atoms with E-state index in [0.717, 1.165) is 45.7 Å². The number of H-pyrrole nitrogens is 2. The van der Waals surface area contributed by atoms with E-state index in [1.807, 2.05) is 38.6 Å². The molecule has 0 spiro atoms. The minimum Gasteiger partial charge on any atom is -0.508 e. The monoisotopic (exact) mass is 479 g/mol. The predicted octanol–water partition coefficient (Wildman–Crippen LogP) is 5.14. The molecule has 4 aromatic heterocycles. The number of aromatic amines is 2. The smallest absolute Gasteiger partial charge is 0.159 e. The summed E-state index contributed by atoms with van der Waals surface area (Å²) in [7, 11) is 4.06. The van der Waals surface area contributed by atoms with Crippen LogP contribution in [0.25, 0.3) is 55.8 Å². The van der Waals surface area contributed by atoms with Crippen LogP contribution in [0.15, 0.2) is 67.1 Å². The number of phenolic OH excluding ortho intramolecular Hbond substituents is 1. The molecule has 0 atom stereocenters. The van der Waals surface area contributed by atoms with Gasteiger partial charge in [-0.1, -0.05) is 6.07 Å². The van der Waals surface area contributed by atoms with Gasteiger partial charge in [-0.3, -0.25) is 15.1 Å². The molecule has 0 fully saturated rings. The van der Waals surface area contributed by atoms with Crippen molar-refractivity contribution in [2.45, 2.75) is 6.54 Å². The molecular weight excluding hydrogens is 457 g/mol. The summed E-state index contributed by atoms with van der Waals surface area (Å²) < 4.78 is 13.9. The lowest BCUT2D eigenvalue weighted by atomic mass is 10.0. The number of hydrogen-bond acceptors (Lipinski definition) is 6. The lowest BCUT2D eigenvalue weighted by Crippen LogP contribution is -2.10. The third-order valence-corrected chi connectivity index (χ3v) is 5.97. The van der Waals surface area contributed by atoms with Crippen LogP contribution >= 0.6 is 0 Å². The van der Waals surface area contributed by atoms with E-state index in [1.54, 1.807) is 12.3 Å². The van der Waals surface area contributed by atoms with Crippen LogP contribution in [-0.2, 0) is 6.54 Å². The van der Waals surface area contributed by atoms with E-state index in [2.05, 4.69) is 42.2 Å². The zero-order valence-corrected chi connectivity index (χ0v) is 19.6. The number of nitrogens with one attached hydrogen (secondary N) is 2. The number of hydrogen-bond donors (Lipinski definition) is 3. The largest absolute Gasteiger partial charge is 0.508 e. The zero-order chi connectivity index (χ0) is 24.8. The Morgan fingerprint density at radius 1 is 0.917 bits per heavy atom. The Labute approximate surface area is 205 Å². The Bertz CT molecular complexity index is 1720. The van der Waals surface area contributed by atoms with E-state index < -0.39 is 5.82 Å². The second-order valence-electron chi connectivity index (χ2n) is 8.99. The molecule has 36 heavy (non-hydrogen) atoms.